The smallest absolute Gasteiger partial charge is 0.296 e. The zero-order chi connectivity index (χ0) is 21.3. The summed E-state index contributed by atoms with van der Waals surface area (Å²) in [5.74, 6) is -0.256. The number of benzene rings is 3. The molecule has 6 heteroatoms. The quantitative estimate of drug-likeness (QED) is 0.501. The third kappa shape index (κ3) is 4.07. The van der Waals surface area contributed by atoms with Gasteiger partial charge in [-0.1, -0.05) is 41.9 Å². The van der Waals surface area contributed by atoms with E-state index >= 15 is 0 Å². The molecule has 0 radical (unpaired) electrons. The summed E-state index contributed by atoms with van der Waals surface area (Å²) in [7, 11) is 1.72. The van der Waals surface area contributed by atoms with Gasteiger partial charge >= 0.3 is 6.03 Å². The van der Waals surface area contributed by atoms with Gasteiger partial charge in [-0.15, -0.1) is 0 Å². The van der Waals surface area contributed by atoms with Gasteiger partial charge in [0.05, 0.1) is 12.3 Å². The lowest BCUT2D eigenvalue weighted by Gasteiger charge is -2.28. The first-order valence-corrected chi connectivity index (χ1v) is 10.1. The monoisotopic (exact) mass is 421 g/mol. The fraction of sp³-hybridized carbons (Fsp3) is 0.167. The highest BCUT2D eigenvalue weighted by Crippen LogP contribution is 2.26. The maximum atomic E-state index is 13.2. The summed E-state index contributed by atoms with van der Waals surface area (Å²) in [6.07, 6.45) is 2.38. The van der Waals surface area contributed by atoms with E-state index in [9.17, 15) is 9.18 Å². The number of anilines is 1. The Morgan fingerprint density at radius 1 is 1.07 bits per heavy atom. The van der Waals surface area contributed by atoms with E-state index in [2.05, 4.69) is 11.2 Å². The van der Waals surface area contributed by atoms with Crippen LogP contribution in [0.15, 0.2) is 71.8 Å². The standard InChI is InChI=1S/C24H21ClFN3O/c1-16-13-20-14-18(17-5-9-22(26)10-6-17)3-4-19(20)15-27-29(16)24(30)28(2)23-11-7-21(25)8-12-23/h3-12,14-16H,13H2,1-2H3. The average molecular weight is 422 g/mol. The van der Waals surface area contributed by atoms with Crippen molar-refractivity contribution in [3.63, 3.8) is 0 Å². The van der Waals surface area contributed by atoms with Crippen molar-refractivity contribution in [1.82, 2.24) is 5.01 Å². The van der Waals surface area contributed by atoms with Crippen LogP contribution in [0.4, 0.5) is 14.9 Å². The first-order chi connectivity index (χ1) is 14.4. The molecule has 0 bridgehead atoms. The van der Waals surface area contributed by atoms with E-state index in [4.69, 9.17) is 11.6 Å². The number of carbonyl (C=O) groups excluding carboxylic acids is 1. The Balaban J connectivity index is 1.57. The molecule has 0 saturated carbocycles. The third-order valence-corrected chi connectivity index (χ3v) is 5.52. The Kier molecular flexibility index (Phi) is 5.55. The minimum atomic E-state index is -0.256. The summed E-state index contributed by atoms with van der Waals surface area (Å²) < 4.78 is 13.2. The van der Waals surface area contributed by atoms with Crippen molar-refractivity contribution in [2.24, 2.45) is 5.10 Å². The molecule has 0 aromatic heterocycles. The van der Waals surface area contributed by atoms with Gasteiger partial charge in [-0.25, -0.2) is 14.2 Å². The van der Waals surface area contributed by atoms with E-state index in [-0.39, 0.29) is 17.9 Å². The average Bonchev–Trinajstić information content (AvgIpc) is 2.91. The minimum absolute atomic E-state index is 0.131. The maximum Gasteiger partial charge on any atom is 0.344 e. The fourth-order valence-electron chi connectivity index (χ4n) is 3.54. The van der Waals surface area contributed by atoms with E-state index in [0.717, 1.165) is 27.9 Å². The Hall–Kier alpha value is -3.18. The molecule has 0 fully saturated rings. The van der Waals surface area contributed by atoms with Gasteiger partial charge in [0, 0.05) is 17.8 Å². The molecule has 0 N–H and O–H groups in total. The molecule has 0 aliphatic carbocycles. The first-order valence-electron chi connectivity index (χ1n) is 9.68. The van der Waals surface area contributed by atoms with Gasteiger partial charge in [-0.2, -0.15) is 5.10 Å². The lowest BCUT2D eigenvalue weighted by Crippen LogP contribution is -2.43. The Morgan fingerprint density at radius 2 is 1.73 bits per heavy atom. The second kappa shape index (κ2) is 8.28. The van der Waals surface area contributed by atoms with E-state index in [1.165, 1.54) is 17.1 Å². The van der Waals surface area contributed by atoms with E-state index in [1.54, 1.807) is 54.6 Å². The van der Waals surface area contributed by atoms with Gasteiger partial charge in [0.15, 0.2) is 0 Å². The zero-order valence-electron chi connectivity index (χ0n) is 16.7. The van der Waals surface area contributed by atoms with Crippen molar-refractivity contribution >= 4 is 29.5 Å². The molecule has 2 amide bonds. The Bertz CT molecular complexity index is 1100. The van der Waals surface area contributed by atoms with E-state index in [0.29, 0.717) is 11.4 Å². The second-order valence-electron chi connectivity index (χ2n) is 7.38. The van der Waals surface area contributed by atoms with Crippen molar-refractivity contribution < 1.29 is 9.18 Å². The van der Waals surface area contributed by atoms with Gasteiger partial charge in [-0.3, -0.25) is 4.90 Å². The zero-order valence-corrected chi connectivity index (χ0v) is 17.5. The highest BCUT2D eigenvalue weighted by atomic mass is 35.5. The largest absolute Gasteiger partial charge is 0.344 e. The number of hydrogen-bond acceptors (Lipinski definition) is 2. The fourth-order valence-corrected chi connectivity index (χ4v) is 3.67. The van der Waals surface area contributed by atoms with Gasteiger partial charge in [0.1, 0.15) is 5.82 Å². The van der Waals surface area contributed by atoms with Crippen LogP contribution in [0, 0.1) is 5.82 Å². The molecule has 30 heavy (non-hydrogen) atoms. The highest BCUT2D eigenvalue weighted by Gasteiger charge is 2.26. The van der Waals surface area contributed by atoms with E-state index in [1.807, 2.05) is 19.1 Å². The second-order valence-corrected chi connectivity index (χ2v) is 7.82. The number of carbonyl (C=O) groups is 1. The number of halogens is 2. The Labute approximate surface area is 180 Å². The summed E-state index contributed by atoms with van der Waals surface area (Å²) in [5, 5.41) is 6.59. The van der Waals surface area contributed by atoms with Crippen LogP contribution in [0.3, 0.4) is 0 Å². The molecule has 1 heterocycles. The van der Waals surface area contributed by atoms with Crippen LogP contribution in [0.25, 0.3) is 11.1 Å². The van der Waals surface area contributed by atoms with Crippen molar-refractivity contribution in [3.05, 3.63) is 88.7 Å². The van der Waals surface area contributed by atoms with Crippen molar-refractivity contribution in [3.8, 4) is 11.1 Å². The number of nitrogens with zero attached hydrogens (tertiary/aromatic N) is 3. The van der Waals surface area contributed by atoms with Crippen LogP contribution in [0.1, 0.15) is 18.1 Å². The molecule has 1 aliphatic rings. The summed E-state index contributed by atoms with van der Waals surface area (Å²) in [6.45, 7) is 1.98. The third-order valence-electron chi connectivity index (χ3n) is 5.27. The van der Waals surface area contributed by atoms with Gasteiger partial charge in [0.25, 0.3) is 0 Å². The number of rotatable bonds is 2. The molecule has 1 unspecified atom stereocenters. The molecular weight excluding hydrogens is 401 g/mol. The van der Waals surface area contributed by atoms with E-state index < -0.39 is 0 Å². The number of urea groups is 1. The molecule has 3 aromatic carbocycles. The molecule has 0 saturated heterocycles. The van der Waals surface area contributed by atoms with Crippen LogP contribution in [0.2, 0.25) is 5.02 Å². The molecule has 0 spiro atoms. The van der Waals surface area contributed by atoms with Crippen LogP contribution in [-0.4, -0.2) is 30.3 Å². The van der Waals surface area contributed by atoms with Crippen molar-refractivity contribution in [2.45, 2.75) is 19.4 Å². The van der Waals surface area contributed by atoms with Gasteiger partial charge in [0.2, 0.25) is 0 Å². The minimum Gasteiger partial charge on any atom is -0.296 e. The molecular formula is C24H21ClFN3O. The number of hydrazone groups is 1. The SMILES string of the molecule is CC1Cc2cc(-c3ccc(F)cc3)ccc2C=NN1C(=O)N(C)c1ccc(Cl)cc1. The van der Waals surface area contributed by atoms with Crippen LogP contribution in [-0.2, 0) is 6.42 Å². The van der Waals surface area contributed by atoms with Crippen molar-refractivity contribution in [1.29, 1.82) is 0 Å². The lowest BCUT2D eigenvalue weighted by molar-refractivity contribution is 0.190. The van der Waals surface area contributed by atoms with Crippen LogP contribution in [0.5, 0.6) is 0 Å². The van der Waals surface area contributed by atoms with Gasteiger partial charge < -0.3 is 0 Å². The maximum absolute atomic E-state index is 13.2. The molecule has 3 aromatic rings. The number of amides is 2. The number of hydrogen-bond donors (Lipinski definition) is 0. The molecule has 1 atom stereocenters. The molecule has 152 valence electrons. The van der Waals surface area contributed by atoms with Gasteiger partial charge in [-0.05, 0) is 72.0 Å². The lowest BCUT2D eigenvalue weighted by atomic mass is 9.96. The topological polar surface area (TPSA) is 35.9 Å². The van der Waals surface area contributed by atoms with Crippen LogP contribution < -0.4 is 4.90 Å². The molecule has 1 aliphatic heterocycles. The summed E-state index contributed by atoms with van der Waals surface area (Å²) in [6, 6.07) is 19.3. The Morgan fingerprint density at radius 3 is 2.43 bits per heavy atom. The summed E-state index contributed by atoms with van der Waals surface area (Å²) >= 11 is 5.95. The van der Waals surface area contributed by atoms with Crippen molar-refractivity contribution in [2.75, 3.05) is 11.9 Å². The number of fused-ring (bicyclic) bond motifs is 1. The summed E-state index contributed by atoms with van der Waals surface area (Å²) in [4.78, 5) is 14.6. The predicted octanol–water partition coefficient (Wildman–Crippen LogP) is 5.98. The molecule has 4 rings (SSSR count). The first kappa shape index (κ1) is 20.1. The summed E-state index contributed by atoms with van der Waals surface area (Å²) in [5.41, 5.74) is 4.76. The highest BCUT2D eigenvalue weighted by molar-refractivity contribution is 6.30. The normalized spacial score (nSPS) is 15.5. The molecule has 4 nitrogen and oxygen atoms in total. The van der Waals surface area contributed by atoms with Crippen LogP contribution >= 0.6 is 11.6 Å². The predicted molar refractivity (Wildman–Crippen MR) is 120 cm³/mol.